The van der Waals surface area contributed by atoms with Gasteiger partial charge in [-0.3, -0.25) is 0 Å². The van der Waals surface area contributed by atoms with Crippen molar-refractivity contribution in [2.75, 3.05) is 0 Å². The second-order valence-corrected chi connectivity index (χ2v) is 5.22. The summed E-state index contributed by atoms with van der Waals surface area (Å²) in [6, 6.07) is 2.52. The minimum Gasteiger partial charge on any atom is -0.393 e. The fraction of sp³-hybridized carbons (Fsp3) is 0.917. The maximum absolute atomic E-state index is 9.88. The van der Waals surface area contributed by atoms with Crippen LogP contribution < -0.4 is 0 Å². The topological polar surface area (TPSA) is 44.0 Å². The van der Waals surface area contributed by atoms with Gasteiger partial charge in [-0.1, -0.05) is 13.3 Å². The predicted molar refractivity (Wildman–Crippen MR) is 54.4 cm³/mol. The van der Waals surface area contributed by atoms with Gasteiger partial charge >= 0.3 is 0 Å². The highest BCUT2D eigenvalue weighted by Crippen LogP contribution is 2.51. The smallest absolute Gasteiger partial charge is 0.0693 e. The molecule has 0 aliphatic heterocycles. The molecule has 4 atom stereocenters. The largest absolute Gasteiger partial charge is 0.393 e. The Morgan fingerprint density at radius 2 is 2.14 bits per heavy atom. The van der Waals surface area contributed by atoms with Crippen LogP contribution in [0.5, 0.6) is 0 Å². The lowest BCUT2D eigenvalue weighted by atomic mass is 9.73. The monoisotopic (exact) mass is 193 g/mol. The molecule has 0 amide bonds. The predicted octanol–water partition coefficient (Wildman–Crippen LogP) is 2.48. The lowest BCUT2D eigenvalue weighted by molar-refractivity contribution is 0.0696. The molecular formula is C12H19NO. The molecule has 0 aromatic heterocycles. The Morgan fingerprint density at radius 3 is 2.57 bits per heavy atom. The Bertz CT molecular complexity index is 258. The van der Waals surface area contributed by atoms with E-state index in [0.717, 1.165) is 38.5 Å². The fourth-order valence-corrected chi connectivity index (χ4v) is 3.44. The second-order valence-electron chi connectivity index (χ2n) is 5.22. The normalized spacial score (nSPS) is 47.9. The van der Waals surface area contributed by atoms with Gasteiger partial charge < -0.3 is 5.11 Å². The summed E-state index contributed by atoms with van der Waals surface area (Å²) in [6.07, 6.45) is 6.03. The summed E-state index contributed by atoms with van der Waals surface area (Å²) in [7, 11) is 0. The Kier molecular flexibility index (Phi) is 2.53. The third-order valence-electron chi connectivity index (χ3n) is 4.21. The molecule has 2 aliphatic rings. The number of nitrogens with zero attached hydrogens (tertiary/aromatic N) is 1. The summed E-state index contributed by atoms with van der Waals surface area (Å²) in [5.41, 5.74) is -0.185. The second kappa shape index (κ2) is 3.55. The minimum atomic E-state index is -0.208. The van der Waals surface area contributed by atoms with Crippen LogP contribution in [-0.2, 0) is 0 Å². The van der Waals surface area contributed by atoms with Crippen LogP contribution in [0.15, 0.2) is 0 Å². The lowest BCUT2D eigenvalue weighted by Crippen LogP contribution is -2.32. The summed E-state index contributed by atoms with van der Waals surface area (Å²) in [5.74, 6) is 0.930. The van der Waals surface area contributed by atoms with E-state index in [1.165, 1.54) is 0 Å². The number of hydrogen-bond donors (Lipinski definition) is 1. The van der Waals surface area contributed by atoms with Crippen molar-refractivity contribution < 1.29 is 5.11 Å². The third kappa shape index (κ3) is 1.44. The van der Waals surface area contributed by atoms with Crippen molar-refractivity contribution in [2.45, 2.75) is 51.6 Å². The van der Waals surface area contributed by atoms with E-state index >= 15 is 0 Å². The zero-order valence-electron chi connectivity index (χ0n) is 8.87. The Morgan fingerprint density at radius 1 is 1.36 bits per heavy atom. The summed E-state index contributed by atoms with van der Waals surface area (Å²) < 4.78 is 0. The quantitative estimate of drug-likeness (QED) is 0.695. The van der Waals surface area contributed by atoms with Crippen LogP contribution in [0.1, 0.15) is 45.4 Å². The molecule has 1 N–H and O–H groups in total. The van der Waals surface area contributed by atoms with E-state index in [9.17, 15) is 10.4 Å². The molecule has 4 unspecified atom stereocenters. The maximum atomic E-state index is 9.88. The van der Waals surface area contributed by atoms with Crippen molar-refractivity contribution >= 4 is 0 Å². The molecular weight excluding hydrogens is 174 g/mol. The number of aliphatic hydroxyl groups is 1. The summed E-state index contributed by atoms with van der Waals surface area (Å²) in [4.78, 5) is 0. The molecule has 0 spiro atoms. The first-order valence-electron chi connectivity index (χ1n) is 5.77. The highest BCUT2D eigenvalue weighted by Gasteiger charge is 2.48. The molecule has 0 radical (unpaired) electrons. The molecule has 0 saturated heterocycles. The zero-order valence-corrected chi connectivity index (χ0v) is 8.87. The fourth-order valence-electron chi connectivity index (χ4n) is 3.44. The first-order valence-corrected chi connectivity index (χ1v) is 5.77. The third-order valence-corrected chi connectivity index (χ3v) is 4.21. The van der Waals surface area contributed by atoms with Gasteiger partial charge in [0.2, 0.25) is 0 Å². The Hall–Kier alpha value is -0.550. The van der Waals surface area contributed by atoms with Gasteiger partial charge in [-0.2, -0.15) is 5.26 Å². The van der Waals surface area contributed by atoms with Gasteiger partial charge in [-0.15, -0.1) is 0 Å². The molecule has 2 saturated carbocycles. The van der Waals surface area contributed by atoms with Crippen LogP contribution in [0.2, 0.25) is 0 Å². The van der Waals surface area contributed by atoms with Gasteiger partial charge in [0.1, 0.15) is 0 Å². The van der Waals surface area contributed by atoms with Gasteiger partial charge in [0, 0.05) is 5.92 Å². The van der Waals surface area contributed by atoms with Crippen molar-refractivity contribution in [1.29, 1.82) is 5.26 Å². The average Bonchev–Trinajstić information content (AvgIpc) is 2.73. The van der Waals surface area contributed by atoms with Gasteiger partial charge in [-0.25, -0.2) is 0 Å². The van der Waals surface area contributed by atoms with Crippen LogP contribution in [0.3, 0.4) is 0 Å². The van der Waals surface area contributed by atoms with Crippen molar-refractivity contribution in [3.05, 3.63) is 0 Å². The Labute approximate surface area is 85.9 Å². The SMILES string of the molecule is CC1CCC(C#N)(C2CCCC2O)C1. The average molecular weight is 193 g/mol. The summed E-state index contributed by atoms with van der Waals surface area (Å²) >= 11 is 0. The summed E-state index contributed by atoms with van der Waals surface area (Å²) in [6.45, 7) is 2.22. The number of aliphatic hydroxyl groups excluding tert-OH is 1. The van der Waals surface area contributed by atoms with E-state index in [4.69, 9.17) is 0 Å². The van der Waals surface area contributed by atoms with Crippen LogP contribution >= 0.6 is 0 Å². The van der Waals surface area contributed by atoms with Crippen molar-refractivity contribution in [3.8, 4) is 6.07 Å². The van der Waals surface area contributed by atoms with Crippen LogP contribution in [-0.4, -0.2) is 11.2 Å². The van der Waals surface area contributed by atoms with Crippen LogP contribution in [0.25, 0.3) is 0 Å². The first-order chi connectivity index (χ1) is 6.68. The van der Waals surface area contributed by atoms with E-state index < -0.39 is 0 Å². The van der Waals surface area contributed by atoms with Crippen molar-refractivity contribution in [2.24, 2.45) is 17.3 Å². The highest BCUT2D eigenvalue weighted by atomic mass is 16.3. The molecule has 2 aliphatic carbocycles. The molecule has 0 heterocycles. The van der Waals surface area contributed by atoms with E-state index in [0.29, 0.717) is 5.92 Å². The van der Waals surface area contributed by atoms with E-state index in [1.54, 1.807) is 0 Å². The standard InChI is InChI=1S/C12H19NO/c1-9-5-6-12(7-9,8-13)10-3-2-4-11(10)14/h9-11,14H,2-7H2,1H3. The molecule has 0 bridgehead atoms. The van der Waals surface area contributed by atoms with Crippen LogP contribution in [0.4, 0.5) is 0 Å². The molecule has 2 fully saturated rings. The molecule has 2 nitrogen and oxygen atoms in total. The highest BCUT2D eigenvalue weighted by molar-refractivity contribution is 5.09. The summed E-state index contributed by atoms with van der Waals surface area (Å²) in [5, 5.41) is 19.2. The maximum Gasteiger partial charge on any atom is 0.0693 e. The molecule has 78 valence electrons. The first kappa shape index (κ1) is 9.98. The molecule has 2 rings (SSSR count). The molecule has 0 aromatic rings. The van der Waals surface area contributed by atoms with Gasteiger partial charge in [0.25, 0.3) is 0 Å². The van der Waals surface area contributed by atoms with Crippen molar-refractivity contribution in [3.63, 3.8) is 0 Å². The van der Waals surface area contributed by atoms with E-state index in [2.05, 4.69) is 13.0 Å². The lowest BCUT2D eigenvalue weighted by Gasteiger charge is -2.30. The number of hydrogen-bond acceptors (Lipinski definition) is 2. The van der Waals surface area contributed by atoms with Gasteiger partial charge in [-0.05, 0) is 38.0 Å². The van der Waals surface area contributed by atoms with E-state index in [1.807, 2.05) is 0 Å². The zero-order chi connectivity index (χ0) is 10.2. The van der Waals surface area contributed by atoms with Crippen molar-refractivity contribution in [1.82, 2.24) is 0 Å². The van der Waals surface area contributed by atoms with Gasteiger partial charge in [0.05, 0.1) is 17.6 Å². The molecule has 2 heteroatoms. The molecule has 0 aromatic carbocycles. The molecule has 14 heavy (non-hydrogen) atoms. The Balaban J connectivity index is 2.17. The van der Waals surface area contributed by atoms with E-state index in [-0.39, 0.29) is 17.4 Å². The number of nitriles is 1. The van der Waals surface area contributed by atoms with Crippen LogP contribution in [0, 0.1) is 28.6 Å². The minimum absolute atomic E-state index is 0.185. The van der Waals surface area contributed by atoms with Gasteiger partial charge in [0.15, 0.2) is 0 Å². The number of rotatable bonds is 1.